The molecule has 0 amide bonds. The molecule has 2 N–H and O–H groups in total. The first-order valence-electron chi connectivity index (χ1n) is 4.08. The van der Waals surface area contributed by atoms with Crippen LogP contribution in [0.5, 0.6) is 0 Å². The molecule has 0 spiro atoms. The molecule has 0 fully saturated rings. The lowest BCUT2D eigenvalue weighted by Crippen LogP contribution is -2.22. The maximum atomic E-state index is 12.7. The number of carboxylic acids is 1. The van der Waals surface area contributed by atoms with Crippen molar-refractivity contribution in [2.24, 2.45) is 0 Å². The number of halogens is 3. The highest BCUT2D eigenvalue weighted by atomic mass is 32.2. The number of carbonyl (C=O) groups is 1. The van der Waals surface area contributed by atoms with Crippen LogP contribution in [0.4, 0.5) is 18.9 Å². The van der Waals surface area contributed by atoms with Crippen LogP contribution >= 0.6 is 0 Å². The van der Waals surface area contributed by atoms with Gasteiger partial charge in [-0.3, -0.25) is 9.52 Å². The number of hydrogen-bond donors (Lipinski definition) is 2. The second-order valence-electron chi connectivity index (χ2n) is 3.01. The largest absolute Gasteiger partial charge is 0.480 e. The van der Waals surface area contributed by atoms with Crippen LogP contribution in [0.1, 0.15) is 0 Å². The van der Waals surface area contributed by atoms with Crippen LogP contribution in [0.2, 0.25) is 0 Å². The smallest absolute Gasteiger partial charge is 0.320 e. The van der Waals surface area contributed by atoms with Crippen molar-refractivity contribution in [3.63, 3.8) is 0 Å². The van der Waals surface area contributed by atoms with Gasteiger partial charge in [0.25, 0.3) is 0 Å². The van der Waals surface area contributed by atoms with Crippen LogP contribution in [0.25, 0.3) is 0 Å². The molecule has 0 atom stereocenters. The van der Waals surface area contributed by atoms with Crippen LogP contribution in [-0.2, 0) is 14.8 Å². The normalized spacial score (nSPS) is 11.2. The second-order valence-corrected chi connectivity index (χ2v) is 4.73. The molecule has 0 aromatic heterocycles. The zero-order valence-electron chi connectivity index (χ0n) is 8.08. The molecule has 0 aliphatic carbocycles. The second kappa shape index (κ2) is 4.62. The van der Waals surface area contributed by atoms with E-state index in [-0.39, 0.29) is 0 Å². The van der Waals surface area contributed by atoms with Gasteiger partial charge >= 0.3 is 5.97 Å². The summed E-state index contributed by atoms with van der Waals surface area (Å²) in [6, 6.07) is 0.801. The first-order chi connectivity index (χ1) is 7.71. The van der Waals surface area contributed by atoms with E-state index >= 15 is 0 Å². The summed E-state index contributed by atoms with van der Waals surface area (Å²) in [7, 11) is -4.29. The Balaban J connectivity index is 3.01. The SMILES string of the molecule is O=C(O)CS(=O)(=O)Nc1cc(F)c(F)c(F)c1. The van der Waals surface area contributed by atoms with Crippen LogP contribution in [0.3, 0.4) is 0 Å². The van der Waals surface area contributed by atoms with E-state index in [1.54, 1.807) is 4.72 Å². The Bertz CT molecular complexity index is 535. The number of aliphatic carboxylic acids is 1. The molecule has 0 unspecified atom stereocenters. The van der Waals surface area contributed by atoms with Gasteiger partial charge in [-0.05, 0) is 0 Å². The van der Waals surface area contributed by atoms with Crippen LogP contribution in [0.15, 0.2) is 12.1 Å². The standard InChI is InChI=1S/C8H6F3NO4S/c9-5-1-4(2-6(10)8(5)11)12-17(15,16)3-7(13)14/h1-2,12H,3H2,(H,13,14). The van der Waals surface area contributed by atoms with Gasteiger partial charge in [-0.1, -0.05) is 0 Å². The van der Waals surface area contributed by atoms with E-state index < -0.39 is 44.9 Å². The summed E-state index contributed by atoms with van der Waals surface area (Å²) in [6.07, 6.45) is 0. The lowest BCUT2D eigenvalue weighted by molar-refractivity contribution is -0.134. The van der Waals surface area contributed by atoms with Crippen molar-refractivity contribution in [1.82, 2.24) is 0 Å². The minimum Gasteiger partial charge on any atom is -0.480 e. The van der Waals surface area contributed by atoms with E-state index in [2.05, 4.69) is 0 Å². The highest BCUT2D eigenvalue weighted by molar-refractivity contribution is 7.93. The van der Waals surface area contributed by atoms with Crippen molar-refractivity contribution in [2.45, 2.75) is 0 Å². The van der Waals surface area contributed by atoms with Gasteiger partial charge < -0.3 is 5.11 Å². The van der Waals surface area contributed by atoms with Crippen molar-refractivity contribution in [2.75, 3.05) is 10.5 Å². The van der Waals surface area contributed by atoms with Crippen molar-refractivity contribution in [3.05, 3.63) is 29.6 Å². The number of benzene rings is 1. The van der Waals surface area contributed by atoms with Crippen LogP contribution < -0.4 is 4.72 Å². The molecular formula is C8H6F3NO4S. The van der Waals surface area contributed by atoms with E-state index in [0.29, 0.717) is 12.1 Å². The van der Waals surface area contributed by atoms with E-state index in [4.69, 9.17) is 5.11 Å². The molecule has 9 heteroatoms. The third-order valence-corrected chi connectivity index (χ3v) is 2.74. The fourth-order valence-electron chi connectivity index (χ4n) is 0.993. The van der Waals surface area contributed by atoms with Gasteiger partial charge in [0, 0.05) is 12.1 Å². The molecule has 5 nitrogen and oxygen atoms in total. The maximum Gasteiger partial charge on any atom is 0.320 e. The van der Waals surface area contributed by atoms with Crippen molar-refractivity contribution >= 4 is 21.7 Å². The van der Waals surface area contributed by atoms with Crippen molar-refractivity contribution in [1.29, 1.82) is 0 Å². The molecule has 0 aliphatic rings. The van der Waals surface area contributed by atoms with Gasteiger partial charge in [0.05, 0.1) is 5.69 Å². The maximum absolute atomic E-state index is 12.7. The van der Waals surface area contributed by atoms with Crippen molar-refractivity contribution in [3.8, 4) is 0 Å². The first-order valence-corrected chi connectivity index (χ1v) is 5.73. The fraction of sp³-hybridized carbons (Fsp3) is 0.125. The minimum atomic E-state index is -4.29. The number of nitrogens with one attached hydrogen (secondary N) is 1. The molecule has 0 heterocycles. The monoisotopic (exact) mass is 269 g/mol. The van der Waals surface area contributed by atoms with E-state index in [0.717, 1.165) is 0 Å². The third kappa shape index (κ3) is 3.63. The average molecular weight is 269 g/mol. The summed E-state index contributed by atoms with van der Waals surface area (Å²) in [4.78, 5) is 10.2. The van der Waals surface area contributed by atoms with Gasteiger partial charge in [0.15, 0.2) is 23.2 Å². The molecule has 1 aromatic carbocycles. The summed E-state index contributed by atoms with van der Waals surface area (Å²) in [5, 5.41) is 8.25. The highest BCUT2D eigenvalue weighted by Gasteiger charge is 2.18. The summed E-state index contributed by atoms with van der Waals surface area (Å²) < 4.78 is 61.7. The Morgan fingerprint density at radius 3 is 2.12 bits per heavy atom. The minimum absolute atomic E-state index is 0.401. The van der Waals surface area contributed by atoms with E-state index in [9.17, 15) is 26.4 Å². The molecule has 0 saturated heterocycles. The predicted molar refractivity (Wildman–Crippen MR) is 51.4 cm³/mol. The Hall–Kier alpha value is -1.77. The quantitative estimate of drug-likeness (QED) is 0.796. The molecule has 0 radical (unpaired) electrons. The lowest BCUT2D eigenvalue weighted by Gasteiger charge is -2.06. The van der Waals surface area contributed by atoms with Gasteiger partial charge in [-0.25, -0.2) is 21.6 Å². The molecule has 0 aliphatic heterocycles. The lowest BCUT2D eigenvalue weighted by atomic mass is 10.3. The first kappa shape index (κ1) is 13.3. The Morgan fingerprint density at radius 1 is 1.24 bits per heavy atom. The third-order valence-electron chi connectivity index (χ3n) is 1.57. The number of anilines is 1. The predicted octanol–water partition coefficient (Wildman–Crippen LogP) is 0.930. The van der Waals surface area contributed by atoms with Gasteiger partial charge in [-0.15, -0.1) is 0 Å². The summed E-state index contributed by atoms with van der Waals surface area (Å²) in [5.41, 5.74) is -0.595. The Morgan fingerprint density at radius 2 is 1.71 bits per heavy atom. The fourth-order valence-corrected chi connectivity index (χ4v) is 1.87. The number of hydrogen-bond acceptors (Lipinski definition) is 3. The van der Waals surface area contributed by atoms with E-state index in [1.807, 2.05) is 0 Å². The number of carboxylic acid groups (broad SMARTS) is 1. The molecule has 94 valence electrons. The van der Waals surface area contributed by atoms with Crippen LogP contribution in [-0.4, -0.2) is 25.2 Å². The van der Waals surface area contributed by atoms with Crippen LogP contribution in [0, 0.1) is 17.5 Å². The van der Waals surface area contributed by atoms with Gasteiger partial charge in [0.2, 0.25) is 10.0 Å². The van der Waals surface area contributed by atoms with Crippen molar-refractivity contribution < 1.29 is 31.5 Å². The summed E-state index contributed by atoms with van der Waals surface area (Å²) >= 11 is 0. The zero-order chi connectivity index (χ0) is 13.2. The molecule has 1 rings (SSSR count). The summed E-state index contributed by atoms with van der Waals surface area (Å²) in [5.74, 6) is -7.82. The molecular weight excluding hydrogens is 263 g/mol. The molecule has 0 saturated carbocycles. The Kier molecular flexibility index (Phi) is 3.61. The molecule has 17 heavy (non-hydrogen) atoms. The van der Waals surface area contributed by atoms with Gasteiger partial charge in [-0.2, -0.15) is 0 Å². The molecule has 1 aromatic rings. The number of rotatable bonds is 4. The zero-order valence-corrected chi connectivity index (χ0v) is 8.89. The molecule has 0 bridgehead atoms. The number of sulfonamides is 1. The topological polar surface area (TPSA) is 83.5 Å². The van der Waals surface area contributed by atoms with Gasteiger partial charge in [0.1, 0.15) is 0 Å². The van der Waals surface area contributed by atoms with E-state index in [1.165, 1.54) is 0 Å². The highest BCUT2D eigenvalue weighted by Crippen LogP contribution is 2.18. The average Bonchev–Trinajstić information content (AvgIpc) is 2.10. The summed E-state index contributed by atoms with van der Waals surface area (Å²) in [6.45, 7) is 0. The Labute approximate surface area is 93.9 Å².